The number of hydrogen-bond acceptors (Lipinski definition) is 3. The Balaban J connectivity index is 2.27. The van der Waals surface area contributed by atoms with Gasteiger partial charge in [0.1, 0.15) is 5.75 Å². The third-order valence-electron chi connectivity index (χ3n) is 3.28. The molecule has 0 aliphatic heterocycles. The Kier molecular flexibility index (Phi) is 5.16. The molecule has 1 unspecified atom stereocenters. The summed E-state index contributed by atoms with van der Waals surface area (Å²) < 4.78 is 5.63. The summed E-state index contributed by atoms with van der Waals surface area (Å²) in [7, 11) is 0. The van der Waals surface area contributed by atoms with E-state index in [0.717, 1.165) is 17.7 Å². The molecule has 1 atom stereocenters. The molecule has 0 aliphatic rings. The second-order valence-corrected chi connectivity index (χ2v) is 4.81. The molecule has 0 aromatic heterocycles. The van der Waals surface area contributed by atoms with Crippen molar-refractivity contribution in [3.8, 4) is 5.75 Å². The maximum atomic E-state index is 6.08. The maximum Gasteiger partial charge on any atom is 0.124 e. The summed E-state index contributed by atoms with van der Waals surface area (Å²) >= 11 is 0. The Hall–Kier alpha value is -1.84. The quantitative estimate of drug-likeness (QED) is 0.848. The highest BCUT2D eigenvalue weighted by Crippen LogP contribution is 2.26. The number of ether oxygens (including phenoxy) is 1. The van der Waals surface area contributed by atoms with Crippen LogP contribution < -0.4 is 16.2 Å². The molecule has 0 saturated heterocycles. The topological polar surface area (TPSA) is 61.3 Å². The molecule has 2 rings (SSSR count). The van der Waals surface area contributed by atoms with Crippen LogP contribution in [-0.2, 0) is 6.42 Å². The normalized spacial score (nSPS) is 12.2. The predicted octanol–water partition coefficient (Wildman–Crippen LogP) is 2.63. The summed E-state index contributed by atoms with van der Waals surface area (Å²) in [5, 5.41) is 0. The minimum atomic E-state index is -0.188. The second kappa shape index (κ2) is 7.08. The van der Waals surface area contributed by atoms with E-state index in [4.69, 9.17) is 16.2 Å². The lowest BCUT2D eigenvalue weighted by molar-refractivity contribution is 0.334. The molecule has 0 heterocycles. The summed E-state index contributed by atoms with van der Waals surface area (Å²) in [5.41, 5.74) is 15.3. The molecule has 0 radical (unpaired) electrons. The number of rotatable bonds is 6. The zero-order chi connectivity index (χ0) is 14.4. The van der Waals surface area contributed by atoms with E-state index in [1.54, 1.807) is 0 Å². The molecule has 0 spiro atoms. The Morgan fingerprint density at radius 2 is 1.80 bits per heavy atom. The van der Waals surface area contributed by atoms with Crippen molar-refractivity contribution in [2.45, 2.75) is 19.4 Å². The lowest BCUT2D eigenvalue weighted by Gasteiger charge is -2.16. The minimum Gasteiger partial charge on any atom is -0.494 e. The van der Waals surface area contributed by atoms with Crippen molar-refractivity contribution in [1.29, 1.82) is 0 Å². The van der Waals surface area contributed by atoms with Crippen LogP contribution in [0.1, 0.15) is 29.7 Å². The second-order valence-electron chi connectivity index (χ2n) is 4.81. The van der Waals surface area contributed by atoms with Gasteiger partial charge in [-0.1, -0.05) is 42.5 Å². The maximum absolute atomic E-state index is 6.08. The lowest BCUT2D eigenvalue weighted by atomic mass is 9.99. The first-order valence-electron chi connectivity index (χ1n) is 6.99. The number of nitrogens with two attached hydrogens (primary N) is 2. The molecule has 0 amide bonds. The van der Waals surface area contributed by atoms with E-state index >= 15 is 0 Å². The van der Waals surface area contributed by atoms with Crippen LogP contribution >= 0.6 is 0 Å². The van der Waals surface area contributed by atoms with Crippen LogP contribution in [0.15, 0.2) is 48.5 Å². The van der Waals surface area contributed by atoms with Gasteiger partial charge in [-0.2, -0.15) is 0 Å². The standard InChI is InChI=1S/C17H22N2O/c1-2-20-17-9-8-14(11-15(17)16(19)12-18)10-13-6-4-3-5-7-13/h3-9,11,16H,2,10,12,18-19H2,1H3. The third kappa shape index (κ3) is 3.59. The summed E-state index contributed by atoms with van der Waals surface area (Å²) in [5.74, 6) is 0.835. The van der Waals surface area contributed by atoms with Gasteiger partial charge >= 0.3 is 0 Å². The van der Waals surface area contributed by atoms with Crippen molar-refractivity contribution in [3.05, 3.63) is 65.2 Å². The zero-order valence-corrected chi connectivity index (χ0v) is 11.9. The molecule has 4 N–H and O–H groups in total. The van der Waals surface area contributed by atoms with E-state index in [2.05, 4.69) is 36.4 Å². The minimum absolute atomic E-state index is 0.188. The molecular formula is C17H22N2O. The largest absolute Gasteiger partial charge is 0.494 e. The lowest BCUT2D eigenvalue weighted by Crippen LogP contribution is -2.21. The van der Waals surface area contributed by atoms with E-state index in [9.17, 15) is 0 Å². The van der Waals surface area contributed by atoms with Crippen molar-refractivity contribution >= 4 is 0 Å². The van der Waals surface area contributed by atoms with Gasteiger partial charge in [-0.05, 0) is 30.5 Å². The first-order chi connectivity index (χ1) is 9.74. The molecule has 0 saturated carbocycles. The van der Waals surface area contributed by atoms with Gasteiger partial charge in [0.15, 0.2) is 0 Å². The fourth-order valence-corrected chi connectivity index (χ4v) is 2.24. The van der Waals surface area contributed by atoms with Gasteiger partial charge in [0, 0.05) is 18.2 Å². The molecule has 2 aromatic rings. The van der Waals surface area contributed by atoms with Crippen molar-refractivity contribution < 1.29 is 4.74 Å². The van der Waals surface area contributed by atoms with Crippen molar-refractivity contribution in [2.24, 2.45) is 11.5 Å². The van der Waals surface area contributed by atoms with Gasteiger partial charge in [0.05, 0.1) is 6.61 Å². The highest BCUT2D eigenvalue weighted by Gasteiger charge is 2.12. The van der Waals surface area contributed by atoms with Gasteiger partial charge in [0.2, 0.25) is 0 Å². The average molecular weight is 270 g/mol. The van der Waals surface area contributed by atoms with Gasteiger partial charge in [-0.15, -0.1) is 0 Å². The van der Waals surface area contributed by atoms with Crippen LogP contribution in [0.3, 0.4) is 0 Å². The highest BCUT2D eigenvalue weighted by molar-refractivity contribution is 5.41. The zero-order valence-electron chi connectivity index (χ0n) is 11.9. The first kappa shape index (κ1) is 14.6. The Bertz CT molecular complexity index is 540. The molecule has 0 fully saturated rings. The first-order valence-corrected chi connectivity index (χ1v) is 6.99. The summed E-state index contributed by atoms with van der Waals surface area (Å²) in [4.78, 5) is 0. The van der Waals surface area contributed by atoms with Crippen LogP contribution in [0.25, 0.3) is 0 Å². The molecular weight excluding hydrogens is 248 g/mol. The van der Waals surface area contributed by atoms with E-state index in [1.165, 1.54) is 11.1 Å². The Morgan fingerprint density at radius 1 is 1.05 bits per heavy atom. The Labute approximate surface area is 120 Å². The van der Waals surface area contributed by atoms with Gasteiger partial charge in [0.25, 0.3) is 0 Å². The number of benzene rings is 2. The number of hydrogen-bond donors (Lipinski definition) is 2. The highest BCUT2D eigenvalue weighted by atomic mass is 16.5. The van der Waals surface area contributed by atoms with Gasteiger partial charge in [-0.3, -0.25) is 0 Å². The van der Waals surface area contributed by atoms with E-state index < -0.39 is 0 Å². The van der Waals surface area contributed by atoms with Crippen molar-refractivity contribution in [2.75, 3.05) is 13.2 Å². The van der Waals surface area contributed by atoms with Crippen LogP contribution in [0.2, 0.25) is 0 Å². The smallest absolute Gasteiger partial charge is 0.124 e. The SMILES string of the molecule is CCOc1ccc(Cc2ccccc2)cc1C(N)CN. The molecule has 106 valence electrons. The van der Waals surface area contributed by atoms with E-state index in [-0.39, 0.29) is 6.04 Å². The van der Waals surface area contributed by atoms with Crippen molar-refractivity contribution in [3.63, 3.8) is 0 Å². The molecule has 3 heteroatoms. The third-order valence-corrected chi connectivity index (χ3v) is 3.28. The summed E-state index contributed by atoms with van der Waals surface area (Å²) in [6, 6.07) is 16.4. The fourth-order valence-electron chi connectivity index (χ4n) is 2.24. The fraction of sp³-hybridized carbons (Fsp3) is 0.294. The molecule has 0 aliphatic carbocycles. The monoisotopic (exact) mass is 270 g/mol. The summed E-state index contributed by atoms with van der Waals surface area (Å²) in [6.07, 6.45) is 0.886. The van der Waals surface area contributed by atoms with E-state index in [1.807, 2.05) is 19.1 Å². The van der Waals surface area contributed by atoms with Gasteiger partial charge < -0.3 is 16.2 Å². The molecule has 2 aromatic carbocycles. The molecule has 20 heavy (non-hydrogen) atoms. The van der Waals surface area contributed by atoms with Crippen LogP contribution in [0.5, 0.6) is 5.75 Å². The van der Waals surface area contributed by atoms with Crippen LogP contribution in [0, 0.1) is 0 Å². The predicted molar refractivity (Wildman–Crippen MR) is 82.8 cm³/mol. The molecule has 0 bridgehead atoms. The van der Waals surface area contributed by atoms with Crippen LogP contribution in [0.4, 0.5) is 0 Å². The molecule has 3 nitrogen and oxygen atoms in total. The summed E-state index contributed by atoms with van der Waals surface area (Å²) in [6.45, 7) is 3.01. The van der Waals surface area contributed by atoms with E-state index in [0.29, 0.717) is 13.2 Å². The van der Waals surface area contributed by atoms with Gasteiger partial charge in [-0.25, -0.2) is 0 Å². The Morgan fingerprint density at radius 3 is 2.45 bits per heavy atom. The van der Waals surface area contributed by atoms with Crippen LogP contribution in [-0.4, -0.2) is 13.2 Å². The van der Waals surface area contributed by atoms with Crippen molar-refractivity contribution in [1.82, 2.24) is 0 Å². The average Bonchev–Trinajstić information content (AvgIpc) is 2.49.